The number of hydrogen-bond donors (Lipinski definition) is 1. The van der Waals surface area contributed by atoms with Crippen molar-refractivity contribution in [1.82, 2.24) is 5.32 Å². The summed E-state index contributed by atoms with van der Waals surface area (Å²) in [7, 11) is 0. The van der Waals surface area contributed by atoms with Gasteiger partial charge in [-0.25, -0.2) is 4.39 Å². The molecular weight excluding hydrogens is 377 g/mol. The van der Waals surface area contributed by atoms with Gasteiger partial charge in [-0.2, -0.15) is 0 Å². The highest BCUT2D eigenvalue weighted by atomic mass is 32.1. The third-order valence-electron chi connectivity index (χ3n) is 3.98. The van der Waals surface area contributed by atoms with Crippen LogP contribution in [-0.4, -0.2) is 22.7 Å². The van der Waals surface area contributed by atoms with Crippen LogP contribution in [0.25, 0.3) is 6.08 Å². The third kappa shape index (κ3) is 2.95. The van der Waals surface area contributed by atoms with Crippen LogP contribution < -0.4 is 19.7 Å². The first-order valence-electron chi connectivity index (χ1n) is 7.65. The van der Waals surface area contributed by atoms with Crippen LogP contribution in [0, 0.1) is 15.9 Å². The van der Waals surface area contributed by atoms with E-state index in [0.29, 0.717) is 11.4 Å². The number of nitro groups is 1. The van der Waals surface area contributed by atoms with Gasteiger partial charge in [0.05, 0.1) is 22.2 Å². The zero-order valence-electron chi connectivity index (χ0n) is 13.5. The number of carbonyl (C=O) groups is 1. The highest BCUT2D eigenvalue weighted by Crippen LogP contribution is 2.39. The van der Waals surface area contributed by atoms with Gasteiger partial charge in [-0.1, -0.05) is 0 Å². The van der Waals surface area contributed by atoms with Gasteiger partial charge in [0.15, 0.2) is 16.6 Å². The van der Waals surface area contributed by atoms with Gasteiger partial charge in [-0.3, -0.25) is 19.8 Å². The van der Waals surface area contributed by atoms with E-state index in [-0.39, 0.29) is 34.6 Å². The highest BCUT2D eigenvalue weighted by Gasteiger charge is 2.33. The maximum atomic E-state index is 13.1. The average Bonchev–Trinajstić information content (AvgIpc) is 3.19. The monoisotopic (exact) mass is 387 g/mol. The lowest BCUT2D eigenvalue weighted by Gasteiger charge is -2.13. The molecule has 1 saturated heterocycles. The number of anilines is 1. The summed E-state index contributed by atoms with van der Waals surface area (Å²) in [5.74, 6) is -0.358. The van der Waals surface area contributed by atoms with E-state index in [2.05, 4.69) is 5.32 Å². The molecule has 1 N–H and O–H groups in total. The smallest absolute Gasteiger partial charge is 0.281 e. The predicted molar refractivity (Wildman–Crippen MR) is 96.8 cm³/mol. The second-order valence-corrected chi connectivity index (χ2v) is 6.01. The molecule has 0 unspecified atom stereocenters. The van der Waals surface area contributed by atoms with Crippen LogP contribution in [0.4, 0.5) is 15.8 Å². The van der Waals surface area contributed by atoms with Crippen LogP contribution in [-0.2, 0) is 4.79 Å². The molecule has 2 aromatic rings. The number of ether oxygens (including phenoxy) is 2. The summed E-state index contributed by atoms with van der Waals surface area (Å²) < 4.78 is 23.5. The van der Waals surface area contributed by atoms with Crippen LogP contribution >= 0.6 is 12.2 Å². The quantitative estimate of drug-likeness (QED) is 0.375. The molecule has 0 atom stereocenters. The number of thiocarbonyl (C=S) groups is 1. The second-order valence-electron chi connectivity index (χ2n) is 5.63. The van der Waals surface area contributed by atoms with E-state index in [0.717, 1.165) is 0 Å². The number of amides is 1. The van der Waals surface area contributed by atoms with Gasteiger partial charge in [0.1, 0.15) is 11.5 Å². The van der Waals surface area contributed by atoms with Crippen molar-refractivity contribution in [2.24, 2.45) is 0 Å². The minimum absolute atomic E-state index is 0.0356. The van der Waals surface area contributed by atoms with Gasteiger partial charge in [-0.15, -0.1) is 0 Å². The predicted octanol–water partition coefficient (Wildman–Crippen LogP) is 2.72. The number of hydrogen-bond acceptors (Lipinski definition) is 6. The molecule has 0 radical (unpaired) electrons. The molecule has 10 heteroatoms. The topological polar surface area (TPSA) is 93.9 Å². The third-order valence-corrected chi connectivity index (χ3v) is 4.27. The lowest BCUT2D eigenvalue weighted by Crippen LogP contribution is -2.30. The van der Waals surface area contributed by atoms with Gasteiger partial charge in [-0.05, 0) is 48.6 Å². The Kier molecular flexibility index (Phi) is 3.96. The number of rotatable bonds is 3. The van der Waals surface area contributed by atoms with Gasteiger partial charge < -0.3 is 14.8 Å². The Labute approximate surface area is 156 Å². The molecule has 2 aliphatic rings. The molecule has 0 aliphatic carbocycles. The zero-order valence-corrected chi connectivity index (χ0v) is 14.3. The number of nitrogens with zero attached hydrogens (tertiary/aromatic N) is 2. The van der Waals surface area contributed by atoms with Crippen molar-refractivity contribution in [2.45, 2.75) is 0 Å². The number of fused-ring (bicyclic) bond motifs is 1. The van der Waals surface area contributed by atoms with Crippen LogP contribution in [0.15, 0.2) is 42.1 Å². The van der Waals surface area contributed by atoms with Gasteiger partial charge in [0, 0.05) is 0 Å². The summed E-state index contributed by atoms with van der Waals surface area (Å²) in [6, 6.07) is 7.89. The normalized spacial score (nSPS) is 16.8. The summed E-state index contributed by atoms with van der Waals surface area (Å²) in [4.78, 5) is 24.7. The molecule has 0 spiro atoms. The Hall–Kier alpha value is -3.53. The minimum atomic E-state index is -0.580. The van der Waals surface area contributed by atoms with E-state index in [9.17, 15) is 19.3 Å². The Morgan fingerprint density at radius 3 is 2.56 bits per heavy atom. The fourth-order valence-corrected chi connectivity index (χ4v) is 3.03. The SMILES string of the molecule is O=C1/C(=C\c2cc3c(cc2[N+](=O)[O-])OCO3)NC(=S)N1c1ccc(F)cc1. The number of nitrogens with one attached hydrogen (secondary N) is 1. The van der Waals surface area contributed by atoms with E-state index in [1.807, 2.05) is 0 Å². The molecule has 2 heterocycles. The van der Waals surface area contributed by atoms with E-state index in [1.54, 1.807) is 0 Å². The lowest BCUT2D eigenvalue weighted by atomic mass is 10.1. The molecule has 0 aromatic heterocycles. The molecule has 4 rings (SSSR count). The molecule has 2 aromatic carbocycles. The summed E-state index contributed by atoms with van der Waals surface area (Å²) in [6.45, 7) is -0.0356. The molecule has 1 fully saturated rings. The van der Waals surface area contributed by atoms with Crippen molar-refractivity contribution in [1.29, 1.82) is 0 Å². The van der Waals surface area contributed by atoms with E-state index in [1.165, 1.54) is 47.4 Å². The van der Waals surface area contributed by atoms with Crippen LogP contribution in [0.1, 0.15) is 5.56 Å². The van der Waals surface area contributed by atoms with Crippen molar-refractivity contribution in [2.75, 3.05) is 11.7 Å². The fraction of sp³-hybridized carbons (Fsp3) is 0.0588. The first-order chi connectivity index (χ1) is 12.9. The van der Waals surface area contributed by atoms with E-state index < -0.39 is 16.6 Å². The first kappa shape index (κ1) is 16.9. The molecular formula is C17H10FN3O5S. The molecule has 0 saturated carbocycles. The largest absolute Gasteiger partial charge is 0.454 e. The molecule has 27 heavy (non-hydrogen) atoms. The van der Waals surface area contributed by atoms with Crippen molar-refractivity contribution in [3.63, 3.8) is 0 Å². The van der Waals surface area contributed by atoms with Gasteiger partial charge >= 0.3 is 0 Å². The Bertz CT molecular complexity index is 1020. The van der Waals surface area contributed by atoms with Crippen molar-refractivity contribution >= 4 is 40.7 Å². The maximum Gasteiger partial charge on any atom is 0.281 e. The molecule has 136 valence electrons. The second kappa shape index (κ2) is 6.32. The summed E-state index contributed by atoms with van der Waals surface area (Å²) in [6.07, 6.45) is 1.32. The van der Waals surface area contributed by atoms with Crippen LogP contribution in [0.5, 0.6) is 11.5 Å². The summed E-state index contributed by atoms with van der Waals surface area (Å²) in [5, 5.41) is 14.2. The average molecular weight is 387 g/mol. The summed E-state index contributed by atoms with van der Waals surface area (Å²) >= 11 is 5.17. The number of nitro benzene ring substituents is 1. The Balaban J connectivity index is 1.73. The number of carbonyl (C=O) groups excluding carboxylic acids is 1. The summed E-state index contributed by atoms with van der Waals surface area (Å²) in [5.41, 5.74) is 0.338. The van der Waals surface area contributed by atoms with Gasteiger partial charge in [0.2, 0.25) is 6.79 Å². The standard InChI is InChI=1S/C17H10FN3O5S/c18-10-1-3-11(4-2-10)20-16(22)12(19-17(20)27)5-9-6-14-15(26-8-25-14)7-13(9)21(23)24/h1-7H,8H2,(H,19,27)/b12-5+. The molecule has 0 bridgehead atoms. The maximum absolute atomic E-state index is 13.1. The number of benzene rings is 2. The highest BCUT2D eigenvalue weighted by molar-refractivity contribution is 7.80. The molecule has 2 aliphatic heterocycles. The lowest BCUT2D eigenvalue weighted by molar-refractivity contribution is -0.385. The van der Waals surface area contributed by atoms with Crippen molar-refractivity contribution < 1.29 is 23.6 Å². The van der Waals surface area contributed by atoms with Gasteiger partial charge in [0.25, 0.3) is 11.6 Å². The minimum Gasteiger partial charge on any atom is -0.454 e. The van der Waals surface area contributed by atoms with E-state index in [4.69, 9.17) is 21.7 Å². The first-order valence-corrected chi connectivity index (χ1v) is 8.05. The van der Waals surface area contributed by atoms with Crippen molar-refractivity contribution in [3.8, 4) is 11.5 Å². The molecule has 8 nitrogen and oxygen atoms in total. The van der Waals surface area contributed by atoms with Crippen LogP contribution in [0.2, 0.25) is 0 Å². The van der Waals surface area contributed by atoms with E-state index >= 15 is 0 Å². The van der Waals surface area contributed by atoms with Crippen LogP contribution in [0.3, 0.4) is 0 Å². The number of halogens is 1. The van der Waals surface area contributed by atoms with Crippen molar-refractivity contribution in [3.05, 3.63) is 63.6 Å². The Morgan fingerprint density at radius 1 is 1.22 bits per heavy atom. The zero-order chi connectivity index (χ0) is 19.1. The Morgan fingerprint density at radius 2 is 1.89 bits per heavy atom. The molecule has 1 amide bonds. The fourth-order valence-electron chi connectivity index (χ4n) is 2.74.